The van der Waals surface area contributed by atoms with Gasteiger partial charge in [-0.25, -0.2) is 4.98 Å². The van der Waals surface area contributed by atoms with E-state index in [2.05, 4.69) is 16.3 Å². The number of amides is 1. The lowest BCUT2D eigenvalue weighted by Gasteiger charge is -2.33. The van der Waals surface area contributed by atoms with E-state index in [-0.39, 0.29) is 11.9 Å². The number of likely N-dealkylation sites (tertiary alicyclic amines) is 1. The van der Waals surface area contributed by atoms with Crippen molar-refractivity contribution in [1.82, 2.24) is 9.88 Å². The fraction of sp³-hybridized carbons (Fsp3) is 0.300. The van der Waals surface area contributed by atoms with E-state index in [9.17, 15) is 4.79 Å². The predicted octanol–water partition coefficient (Wildman–Crippen LogP) is 5.12. The number of aromatic nitrogens is 1. The molecule has 0 saturated carbocycles. The molecule has 2 heterocycles. The van der Waals surface area contributed by atoms with Gasteiger partial charge >= 0.3 is 0 Å². The number of halogens is 1. The van der Waals surface area contributed by atoms with Gasteiger partial charge in [-0.05, 0) is 49.7 Å². The van der Waals surface area contributed by atoms with Crippen molar-refractivity contribution < 1.29 is 4.79 Å². The van der Waals surface area contributed by atoms with E-state index in [0.717, 1.165) is 35.6 Å². The summed E-state index contributed by atoms with van der Waals surface area (Å²) in [6.45, 7) is 1.29. The molecular weight excluding hydrogens is 366 g/mol. The standard InChI is InChI=1S/C20H20ClN3OS/c21-14-6-5-7-15(12-14)22-19(25)13-24-11-4-3-9-17(24)20-23-16-8-1-2-10-18(16)26-20/h1-2,5-8,10,12,17H,3-4,9,11,13H2,(H,22,25)/t17-/m1/s1. The Morgan fingerprint density at radius 1 is 1.23 bits per heavy atom. The van der Waals surface area contributed by atoms with E-state index < -0.39 is 0 Å². The number of carbonyl (C=O) groups excluding carboxylic acids is 1. The first-order chi connectivity index (χ1) is 12.7. The molecule has 2 aromatic carbocycles. The Hall–Kier alpha value is -1.95. The highest BCUT2D eigenvalue weighted by Gasteiger charge is 2.28. The van der Waals surface area contributed by atoms with Gasteiger partial charge in [0.2, 0.25) is 5.91 Å². The lowest BCUT2D eigenvalue weighted by Crippen LogP contribution is -2.39. The maximum absolute atomic E-state index is 12.5. The van der Waals surface area contributed by atoms with Crippen molar-refractivity contribution in [2.75, 3.05) is 18.4 Å². The number of thiazole rings is 1. The summed E-state index contributed by atoms with van der Waals surface area (Å²) in [5.74, 6) is -0.0136. The summed E-state index contributed by atoms with van der Waals surface area (Å²) in [4.78, 5) is 19.6. The zero-order chi connectivity index (χ0) is 17.9. The van der Waals surface area contributed by atoms with Gasteiger partial charge in [-0.2, -0.15) is 0 Å². The van der Waals surface area contributed by atoms with E-state index >= 15 is 0 Å². The van der Waals surface area contributed by atoms with Crippen molar-refractivity contribution in [1.29, 1.82) is 0 Å². The van der Waals surface area contributed by atoms with Crippen LogP contribution in [0.3, 0.4) is 0 Å². The summed E-state index contributed by atoms with van der Waals surface area (Å²) in [5.41, 5.74) is 1.78. The highest BCUT2D eigenvalue weighted by Crippen LogP contribution is 2.35. The molecule has 1 aromatic heterocycles. The first kappa shape index (κ1) is 17.5. The Balaban J connectivity index is 1.49. The van der Waals surface area contributed by atoms with Crippen LogP contribution in [0.25, 0.3) is 10.2 Å². The van der Waals surface area contributed by atoms with Crippen LogP contribution in [0, 0.1) is 0 Å². The predicted molar refractivity (Wildman–Crippen MR) is 108 cm³/mol. The second-order valence-corrected chi connectivity index (χ2v) is 8.06. The zero-order valence-electron chi connectivity index (χ0n) is 14.3. The number of benzene rings is 2. The summed E-state index contributed by atoms with van der Waals surface area (Å²) >= 11 is 7.73. The summed E-state index contributed by atoms with van der Waals surface area (Å²) in [5, 5.41) is 4.68. The van der Waals surface area contributed by atoms with Gasteiger partial charge in [-0.15, -0.1) is 11.3 Å². The fourth-order valence-corrected chi connectivity index (χ4v) is 4.77. The largest absolute Gasteiger partial charge is 0.325 e. The lowest BCUT2D eigenvalue weighted by atomic mass is 10.0. The molecule has 1 aliphatic heterocycles. The molecule has 0 spiro atoms. The molecule has 1 atom stereocenters. The molecule has 1 fully saturated rings. The molecule has 0 radical (unpaired) electrons. The molecule has 0 bridgehead atoms. The van der Waals surface area contributed by atoms with Crippen LogP contribution in [0.1, 0.15) is 30.3 Å². The minimum absolute atomic E-state index is 0.0136. The van der Waals surface area contributed by atoms with Crippen LogP contribution in [0.5, 0.6) is 0 Å². The van der Waals surface area contributed by atoms with Crippen molar-refractivity contribution >= 4 is 44.7 Å². The van der Waals surface area contributed by atoms with Crippen LogP contribution >= 0.6 is 22.9 Å². The van der Waals surface area contributed by atoms with Gasteiger partial charge in [-0.1, -0.05) is 36.2 Å². The maximum atomic E-state index is 12.5. The Morgan fingerprint density at radius 2 is 2.12 bits per heavy atom. The van der Waals surface area contributed by atoms with Gasteiger partial charge < -0.3 is 5.32 Å². The van der Waals surface area contributed by atoms with Gasteiger partial charge in [0.05, 0.1) is 22.8 Å². The molecule has 134 valence electrons. The van der Waals surface area contributed by atoms with Crippen molar-refractivity contribution in [3.8, 4) is 0 Å². The number of hydrogen-bond acceptors (Lipinski definition) is 4. The molecule has 0 aliphatic carbocycles. The minimum atomic E-state index is -0.0136. The molecule has 26 heavy (non-hydrogen) atoms. The lowest BCUT2D eigenvalue weighted by molar-refractivity contribution is -0.118. The van der Waals surface area contributed by atoms with Gasteiger partial charge in [0.15, 0.2) is 0 Å². The number of fused-ring (bicyclic) bond motifs is 1. The van der Waals surface area contributed by atoms with E-state index in [1.54, 1.807) is 23.5 Å². The number of carbonyl (C=O) groups is 1. The third kappa shape index (κ3) is 3.90. The Kier molecular flexibility index (Phi) is 5.20. The van der Waals surface area contributed by atoms with E-state index in [1.165, 1.54) is 11.1 Å². The van der Waals surface area contributed by atoms with E-state index in [1.807, 2.05) is 30.3 Å². The average Bonchev–Trinajstić information content (AvgIpc) is 3.06. The molecule has 3 aromatic rings. The molecule has 4 nitrogen and oxygen atoms in total. The molecule has 1 aliphatic rings. The minimum Gasteiger partial charge on any atom is -0.325 e. The number of piperidine rings is 1. The van der Waals surface area contributed by atoms with Crippen molar-refractivity contribution in [2.24, 2.45) is 0 Å². The molecule has 4 rings (SSSR count). The van der Waals surface area contributed by atoms with Gasteiger partial charge in [0, 0.05) is 10.7 Å². The third-order valence-corrected chi connectivity index (χ3v) is 6.04. The monoisotopic (exact) mass is 385 g/mol. The smallest absolute Gasteiger partial charge is 0.238 e. The van der Waals surface area contributed by atoms with Crippen LogP contribution in [0.4, 0.5) is 5.69 Å². The van der Waals surface area contributed by atoms with Crippen LogP contribution in [0.15, 0.2) is 48.5 Å². The SMILES string of the molecule is O=C(CN1CCCC[C@@H]1c1nc2ccccc2s1)Nc1cccc(Cl)c1. The van der Waals surface area contributed by atoms with Gasteiger partial charge in [0.25, 0.3) is 0 Å². The van der Waals surface area contributed by atoms with Crippen LogP contribution in [-0.4, -0.2) is 28.9 Å². The Labute approximate surface area is 161 Å². The second kappa shape index (κ2) is 7.74. The maximum Gasteiger partial charge on any atom is 0.238 e. The first-order valence-electron chi connectivity index (χ1n) is 8.84. The topological polar surface area (TPSA) is 45.2 Å². The number of nitrogens with zero attached hydrogens (tertiary/aromatic N) is 2. The first-order valence-corrected chi connectivity index (χ1v) is 10.0. The van der Waals surface area contributed by atoms with E-state index in [4.69, 9.17) is 16.6 Å². The Bertz CT molecular complexity index is 893. The van der Waals surface area contributed by atoms with Crippen LogP contribution in [0.2, 0.25) is 5.02 Å². The van der Waals surface area contributed by atoms with Crippen molar-refractivity contribution in [2.45, 2.75) is 25.3 Å². The number of rotatable bonds is 4. The van der Waals surface area contributed by atoms with Crippen molar-refractivity contribution in [3.63, 3.8) is 0 Å². The highest BCUT2D eigenvalue weighted by atomic mass is 35.5. The second-order valence-electron chi connectivity index (χ2n) is 6.56. The molecule has 6 heteroatoms. The molecule has 1 saturated heterocycles. The third-order valence-electron chi connectivity index (χ3n) is 4.66. The van der Waals surface area contributed by atoms with E-state index in [0.29, 0.717) is 11.6 Å². The zero-order valence-corrected chi connectivity index (χ0v) is 15.9. The summed E-state index contributed by atoms with van der Waals surface area (Å²) < 4.78 is 1.21. The summed E-state index contributed by atoms with van der Waals surface area (Å²) in [7, 11) is 0. The summed E-state index contributed by atoms with van der Waals surface area (Å²) in [6, 6.07) is 15.7. The number of nitrogens with one attached hydrogen (secondary N) is 1. The van der Waals surface area contributed by atoms with Gasteiger partial charge in [0.1, 0.15) is 5.01 Å². The quantitative estimate of drug-likeness (QED) is 0.678. The number of hydrogen-bond donors (Lipinski definition) is 1. The highest BCUT2D eigenvalue weighted by molar-refractivity contribution is 7.18. The summed E-state index contributed by atoms with van der Waals surface area (Å²) in [6.07, 6.45) is 3.34. The normalized spacial score (nSPS) is 18.1. The molecule has 0 unspecified atom stereocenters. The molecule has 1 amide bonds. The number of para-hydroxylation sites is 1. The average molecular weight is 386 g/mol. The van der Waals surface area contributed by atoms with Gasteiger partial charge in [-0.3, -0.25) is 9.69 Å². The van der Waals surface area contributed by atoms with Crippen molar-refractivity contribution in [3.05, 3.63) is 58.6 Å². The molecule has 1 N–H and O–H groups in total. The van der Waals surface area contributed by atoms with Crippen LogP contribution in [-0.2, 0) is 4.79 Å². The number of anilines is 1. The Morgan fingerprint density at radius 3 is 2.96 bits per heavy atom. The van der Waals surface area contributed by atoms with Crippen LogP contribution < -0.4 is 5.32 Å². The molecular formula is C20H20ClN3OS. The fourth-order valence-electron chi connectivity index (χ4n) is 3.44.